The van der Waals surface area contributed by atoms with E-state index in [0.717, 1.165) is 50.5 Å². The molecule has 7 atom stereocenters. The number of hydrogen-bond acceptors (Lipinski definition) is 4. The summed E-state index contributed by atoms with van der Waals surface area (Å²) in [4.78, 5) is 40.6. The third kappa shape index (κ3) is 3.67. The maximum Gasteiger partial charge on any atom is 0.315 e. The number of nitriles is 1. The molecule has 6 heteroatoms. The van der Waals surface area contributed by atoms with Crippen LogP contribution in [0.4, 0.5) is 4.79 Å². The fourth-order valence-electron chi connectivity index (χ4n) is 10.3. The number of carbonyl (C=O) groups is 3. The van der Waals surface area contributed by atoms with Gasteiger partial charge < -0.3 is 10.6 Å². The summed E-state index contributed by atoms with van der Waals surface area (Å²) in [5, 5.41) is 16.2. The first-order valence-electron chi connectivity index (χ1n) is 15.0. The van der Waals surface area contributed by atoms with Crippen LogP contribution in [0.3, 0.4) is 0 Å². The van der Waals surface area contributed by atoms with Gasteiger partial charge in [0.25, 0.3) is 0 Å². The van der Waals surface area contributed by atoms with Crippen LogP contribution in [0.1, 0.15) is 100 Å². The van der Waals surface area contributed by atoms with Crippen molar-refractivity contribution in [3.63, 3.8) is 0 Å². The summed E-state index contributed by atoms with van der Waals surface area (Å²) in [5.41, 5.74) is -0.661. The number of nitrogens with one attached hydrogen (secondary N) is 2. The lowest BCUT2D eigenvalue weighted by Crippen LogP contribution is -2.70. The predicted octanol–water partition coefficient (Wildman–Crippen LogP) is 6.28. The van der Waals surface area contributed by atoms with Gasteiger partial charge in [0.15, 0.2) is 11.6 Å². The maximum atomic E-state index is 14.5. The van der Waals surface area contributed by atoms with Gasteiger partial charge in [0.2, 0.25) is 0 Å². The van der Waals surface area contributed by atoms with Crippen LogP contribution >= 0.6 is 0 Å². The molecule has 0 bridgehead atoms. The van der Waals surface area contributed by atoms with Crippen LogP contribution in [0.5, 0.6) is 0 Å². The van der Waals surface area contributed by atoms with E-state index < -0.39 is 10.8 Å². The highest BCUT2D eigenvalue weighted by atomic mass is 16.2. The first-order valence-corrected chi connectivity index (χ1v) is 15.0. The third-order valence-electron chi connectivity index (χ3n) is 12.6. The van der Waals surface area contributed by atoms with Gasteiger partial charge >= 0.3 is 6.03 Å². The molecule has 0 aliphatic heterocycles. The molecule has 0 radical (unpaired) electrons. The van der Waals surface area contributed by atoms with Gasteiger partial charge in [-0.25, -0.2) is 4.79 Å². The van der Waals surface area contributed by atoms with Crippen molar-refractivity contribution < 1.29 is 14.4 Å². The normalized spacial score (nSPS) is 43.8. The van der Waals surface area contributed by atoms with Gasteiger partial charge in [0.05, 0.1) is 5.57 Å². The van der Waals surface area contributed by atoms with E-state index in [1.54, 1.807) is 0 Å². The molecule has 2 amide bonds. The highest BCUT2D eigenvalue weighted by Crippen LogP contribution is 2.73. The number of Topliss-reactive ketones (excluding diaryl/α,β-unsaturated/α-hetero) is 1. The van der Waals surface area contributed by atoms with Crippen molar-refractivity contribution in [2.75, 3.05) is 6.54 Å². The molecule has 5 aliphatic rings. The van der Waals surface area contributed by atoms with Crippen LogP contribution in [-0.2, 0) is 9.59 Å². The fraction of sp³-hybridized carbons (Fsp3) is 0.758. The zero-order valence-corrected chi connectivity index (χ0v) is 25.2. The molecule has 0 aromatic carbocycles. The summed E-state index contributed by atoms with van der Waals surface area (Å²) in [6.07, 6.45) is 10.2. The van der Waals surface area contributed by atoms with Crippen molar-refractivity contribution in [2.45, 2.75) is 106 Å². The number of rotatable bonds is 2. The molecule has 3 saturated carbocycles. The minimum absolute atomic E-state index is 0.0394. The van der Waals surface area contributed by atoms with Crippen LogP contribution < -0.4 is 10.6 Å². The Hall–Kier alpha value is -2.42. The molecule has 2 N–H and O–H groups in total. The monoisotopic (exact) mass is 533 g/mol. The predicted molar refractivity (Wildman–Crippen MR) is 151 cm³/mol. The molecular weight excluding hydrogens is 486 g/mol. The van der Waals surface area contributed by atoms with E-state index >= 15 is 0 Å². The number of allylic oxidation sites excluding steroid dienone is 4. The van der Waals surface area contributed by atoms with Gasteiger partial charge in [-0.15, -0.1) is 0 Å². The van der Waals surface area contributed by atoms with E-state index in [9.17, 15) is 19.6 Å². The summed E-state index contributed by atoms with van der Waals surface area (Å²) in [6.45, 7) is 17.9. The smallest absolute Gasteiger partial charge is 0.315 e. The topological polar surface area (TPSA) is 99.1 Å². The molecule has 0 saturated heterocycles. The Labute approximate surface area is 234 Å². The molecule has 0 aromatic heterocycles. The second-order valence-corrected chi connectivity index (χ2v) is 15.4. The molecule has 3 fully saturated rings. The largest absolute Gasteiger partial charge is 0.338 e. The van der Waals surface area contributed by atoms with Crippen molar-refractivity contribution in [1.29, 1.82) is 5.26 Å². The molecule has 0 spiro atoms. The van der Waals surface area contributed by atoms with Crippen molar-refractivity contribution in [3.05, 3.63) is 23.3 Å². The fourth-order valence-corrected chi connectivity index (χ4v) is 10.3. The molecule has 0 unspecified atom stereocenters. The summed E-state index contributed by atoms with van der Waals surface area (Å²) in [6, 6.07) is 2.05. The zero-order chi connectivity index (χ0) is 28.8. The Morgan fingerprint density at radius 1 is 1.03 bits per heavy atom. The lowest BCUT2D eigenvalue weighted by atomic mass is 9.35. The van der Waals surface area contributed by atoms with Crippen molar-refractivity contribution in [1.82, 2.24) is 10.6 Å². The summed E-state index contributed by atoms with van der Waals surface area (Å²) < 4.78 is 0. The second kappa shape index (κ2) is 8.54. The summed E-state index contributed by atoms with van der Waals surface area (Å²) >= 11 is 0. The molecule has 5 rings (SSSR count). The van der Waals surface area contributed by atoms with Crippen LogP contribution in [0.25, 0.3) is 0 Å². The van der Waals surface area contributed by atoms with Crippen LogP contribution in [-0.4, -0.2) is 29.7 Å². The SMILES string of the molecule is CCNC(=O)N[C@]12CCC(C)(C)C[C@@H]1[C@H]1C(=O)C=C3[C@@]4(C)C=C(C#N)C(=O)C(C)(C)[C@@H]4CC[C@@]3(C)[C@]1(C)CC2. The average Bonchev–Trinajstić information content (AvgIpc) is 2.84. The Bertz CT molecular complexity index is 1240. The number of amides is 2. The van der Waals surface area contributed by atoms with Crippen molar-refractivity contribution >= 4 is 17.6 Å². The number of fused-ring (bicyclic) bond motifs is 7. The average molecular weight is 534 g/mol. The number of carbonyl (C=O) groups excluding carboxylic acids is 3. The van der Waals surface area contributed by atoms with E-state index in [0.29, 0.717) is 6.54 Å². The van der Waals surface area contributed by atoms with Gasteiger partial charge in [-0.1, -0.05) is 60.1 Å². The highest BCUT2D eigenvalue weighted by molar-refractivity contribution is 6.04. The van der Waals surface area contributed by atoms with E-state index in [1.165, 1.54) is 0 Å². The first-order chi connectivity index (χ1) is 18.0. The van der Waals surface area contributed by atoms with Gasteiger partial charge in [0.1, 0.15) is 6.07 Å². The number of nitrogens with zero attached hydrogens (tertiary/aromatic N) is 1. The van der Waals surface area contributed by atoms with Crippen molar-refractivity contribution in [3.8, 4) is 6.07 Å². The zero-order valence-electron chi connectivity index (χ0n) is 25.2. The lowest BCUT2D eigenvalue weighted by Gasteiger charge is -2.69. The number of hydrogen-bond donors (Lipinski definition) is 2. The molecule has 212 valence electrons. The molecule has 6 nitrogen and oxygen atoms in total. The van der Waals surface area contributed by atoms with Gasteiger partial charge in [-0.3, -0.25) is 9.59 Å². The lowest BCUT2D eigenvalue weighted by molar-refractivity contribution is -0.160. The quantitative estimate of drug-likeness (QED) is 0.436. The first kappa shape index (κ1) is 28.1. The van der Waals surface area contributed by atoms with E-state index in [2.05, 4.69) is 51.3 Å². The minimum Gasteiger partial charge on any atom is -0.338 e. The van der Waals surface area contributed by atoms with E-state index in [4.69, 9.17) is 0 Å². The van der Waals surface area contributed by atoms with Crippen LogP contribution in [0.2, 0.25) is 0 Å². The molecule has 0 heterocycles. The summed E-state index contributed by atoms with van der Waals surface area (Å²) in [7, 11) is 0. The van der Waals surface area contributed by atoms with Crippen LogP contribution in [0.15, 0.2) is 23.3 Å². The van der Waals surface area contributed by atoms with E-state index in [1.807, 2.05) is 32.9 Å². The Kier molecular flexibility index (Phi) is 6.16. The number of urea groups is 1. The third-order valence-corrected chi connectivity index (χ3v) is 12.6. The van der Waals surface area contributed by atoms with Gasteiger partial charge in [-0.2, -0.15) is 5.26 Å². The van der Waals surface area contributed by atoms with Crippen LogP contribution in [0, 0.1) is 56.2 Å². The van der Waals surface area contributed by atoms with Gasteiger partial charge in [0, 0.05) is 28.8 Å². The Morgan fingerprint density at radius 3 is 2.33 bits per heavy atom. The number of ketones is 2. The second-order valence-electron chi connectivity index (χ2n) is 15.4. The molecule has 39 heavy (non-hydrogen) atoms. The summed E-state index contributed by atoms with van der Waals surface area (Å²) in [5.74, 6) is 0.00545. The standard InChI is InChI=1S/C33H47N3O3/c1-9-35-27(39)36-33-14-12-28(2,3)18-21(33)25-22(37)16-24-30(6)17-20(19-34)26(38)29(4,5)23(30)10-11-31(24,7)32(25,8)13-15-33/h16-17,21,23,25H,9-15,18H2,1-8H3,(H2,35,36,39)/t21-,23+,25+,30+,31-,32-,33+/m1/s1. The van der Waals surface area contributed by atoms with E-state index in [-0.39, 0.29) is 62.7 Å². The van der Waals surface area contributed by atoms with Gasteiger partial charge in [-0.05, 0) is 86.0 Å². The molecular formula is C33H47N3O3. The Balaban J connectivity index is 1.66. The Morgan fingerprint density at radius 2 is 1.69 bits per heavy atom. The molecule has 0 aromatic rings. The minimum atomic E-state index is -0.663. The highest BCUT2D eigenvalue weighted by Gasteiger charge is 2.70. The molecule has 5 aliphatic carbocycles. The maximum absolute atomic E-state index is 14.5. The van der Waals surface area contributed by atoms with Crippen molar-refractivity contribution in [2.24, 2.45) is 44.8 Å².